The van der Waals surface area contributed by atoms with Crippen LogP contribution in [0.1, 0.15) is 30.9 Å². The van der Waals surface area contributed by atoms with E-state index >= 15 is 0 Å². The number of hydrogen-bond donors (Lipinski definition) is 1. The van der Waals surface area contributed by atoms with Gasteiger partial charge in [0.2, 0.25) is 5.91 Å². The molecule has 0 radical (unpaired) electrons. The summed E-state index contributed by atoms with van der Waals surface area (Å²) in [5.74, 6) is 1.57. The molecular formula is C26H35ClN2O3. The minimum absolute atomic E-state index is 0. The summed E-state index contributed by atoms with van der Waals surface area (Å²) in [6.07, 6.45) is 2.12. The fourth-order valence-corrected chi connectivity index (χ4v) is 5.82. The van der Waals surface area contributed by atoms with Crippen molar-refractivity contribution in [2.75, 3.05) is 39.2 Å². The Labute approximate surface area is 197 Å². The molecule has 1 saturated carbocycles. The van der Waals surface area contributed by atoms with Crippen LogP contribution in [0.2, 0.25) is 0 Å². The molecule has 1 saturated heterocycles. The number of rotatable bonds is 5. The van der Waals surface area contributed by atoms with Crippen LogP contribution in [0, 0.1) is 17.8 Å². The lowest BCUT2D eigenvalue weighted by Gasteiger charge is -2.44. The first kappa shape index (κ1) is 24.4. The standard InChI is InChI=1S/C26H34N2O3.ClH/c1-18-13-20-16-28(25(29)14-19-9-5-7-11-23(19)27(2)3)17-22(20)26(30,15-18)21-10-6-8-12-24(21)31-4;/h5-12,18,20,22,30H,13-17H2,1-4H3;1H/t18-,20+,22-,26-;/m1./s1. The highest BCUT2D eigenvalue weighted by Gasteiger charge is 2.53. The molecule has 32 heavy (non-hydrogen) atoms. The third-order valence-corrected chi connectivity index (χ3v) is 7.16. The molecule has 6 heteroatoms. The van der Waals surface area contributed by atoms with Gasteiger partial charge in [-0.2, -0.15) is 0 Å². The van der Waals surface area contributed by atoms with Crippen molar-refractivity contribution in [3.63, 3.8) is 0 Å². The van der Waals surface area contributed by atoms with Crippen LogP contribution in [0.15, 0.2) is 48.5 Å². The topological polar surface area (TPSA) is 53.0 Å². The molecule has 4 rings (SSSR count). The van der Waals surface area contributed by atoms with E-state index in [1.807, 2.05) is 61.5 Å². The van der Waals surface area contributed by atoms with Crippen LogP contribution >= 0.6 is 12.4 Å². The Balaban J connectivity index is 0.00000289. The number of methoxy groups -OCH3 is 1. The molecular weight excluding hydrogens is 424 g/mol. The van der Waals surface area contributed by atoms with Crippen molar-refractivity contribution in [3.8, 4) is 5.75 Å². The average Bonchev–Trinajstić information content (AvgIpc) is 3.19. The average molecular weight is 459 g/mol. The molecule has 5 nitrogen and oxygen atoms in total. The molecule has 1 N–H and O–H groups in total. The van der Waals surface area contributed by atoms with E-state index in [2.05, 4.69) is 17.9 Å². The van der Waals surface area contributed by atoms with Crippen molar-refractivity contribution in [2.45, 2.75) is 31.8 Å². The van der Waals surface area contributed by atoms with Gasteiger partial charge >= 0.3 is 0 Å². The van der Waals surface area contributed by atoms with Crippen molar-refractivity contribution in [1.29, 1.82) is 0 Å². The molecule has 1 amide bonds. The van der Waals surface area contributed by atoms with E-state index in [1.54, 1.807) is 7.11 Å². The number of carbonyl (C=O) groups is 1. The van der Waals surface area contributed by atoms with Crippen molar-refractivity contribution in [1.82, 2.24) is 4.90 Å². The monoisotopic (exact) mass is 458 g/mol. The number of nitrogens with zero attached hydrogens (tertiary/aromatic N) is 2. The SMILES string of the molecule is COc1ccccc1[C@]1(O)C[C@H](C)C[C@H]2CN(C(=O)Cc3ccccc3N(C)C)C[C@H]21.Cl. The van der Waals surface area contributed by atoms with Crippen LogP contribution < -0.4 is 9.64 Å². The number of carbonyl (C=O) groups excluding carboxylic acids is 1. The number of para-hydroxylation sites is 2. The van der Waals surface area contributed by atoms with Gasteiger partial charge in [0, 0.05) is 44.4 Å². The molecule has 1 aliphatic carbocycles. The maximum Gasteiger partial charge on any atom is 0.227 e. The lowest BCUT2D eigenvalue weighted by molar-refractivity contribution is -0.130. The second-order valence-electron chi connectivity index (χ2n) is 9.53. The molecule has 174 valence electrons. The molecule has 0 aromatic heterocycles. The summed E-state index contributed by atoms with van der Waals surface area (Å²) in [5, 5.41) is 12.0. The van der Waals surface area contributed by atoms with Gasteiger partial charge in [-0.1, -0.05) is 43.3 Å². The van der Waals surface area contributed by atoms with E-state index in [0.717, 1.165) is 35.5 Å². The summed E-state index contributed by atoms with van der Waals surface area (Å²) in [4.78, 5) is 17.3. The van der Waals surface area contributed by atoms with Gasteiger partial charge in [0.25, 0.3) is 0 Å². The van der Waals surface area contributed by atoms with Gasteiger partial charge in [-0.3, -0.25) is 4.79 Å². The third kappa shape index (κ3) is 4.46. The normalized spacial score (nSPS) is 26.8. The first-order chi connectivity index (χ1) is 14.8. The fourth-order valence-electron chi connectivity index (χ4n) is 5.82. The smallest absolute Gasteiger partial charge is 0.227 e. The number of aliphatic hydroxyl groups is 1. The highest BCUT2D eigenvalue weighted by molar-refractivity contribution is 5.85. The van der Waals surface area contributed by atoms with Crippen LogP contribution in [-0.4, -0.2) is 50.2 Å². The highest BCUT2D eigenvalue weighted by Crippen LogP contribution is 2.52. The summed E-state index contributed by atoms with van der Waals surface area (Å²) < 4.78 is 5.59. The van der Waals surface area contributed by atoms with Crippen molar-refractivity contribution >= 4 is 24.0 Å². The van der Waals surface area contributed by atoms with Gasteiger partial charge in [-0.05, 0) is 42.4 Å². The quantitative estimate of drug-likeness (QED) is 0.732. The maximum absolute atomic E-state index is 13.3. The Kier molecular flexibility index (Phi) is 7.41. The first-order valence-electron chi connectivity index (χ1n) is 11.2. The Morgan fingerprint density at radius 2 is 1.84 bits per heavy atom. The minimum Gasteiger partial charge on any atom is -0.496 e. The van der Waals surface area contributed by atoms with Crippen molar-refractivity contribution in [2.24, 2.45) is 17.8 Å². The molecule has 2 aromatic rings. The third-order valence-electron chi connectivity index (χ3n) is 7.16. The summed E-state index contributed by atoms with van der Waals surface area (Å²) in [6, 6.07) is 15.9. The van der Waals surface area contributed by atoms with Gasteiger partial charge in [0.05, 0.1) is 19.1 Å². The van der Waals surface area contributed by atoms with E-state index in [9.17, 15) is 9.90 Å². The second kappa shape index (κ2) is 9.72. The predicted octanol–water partition coefficient (Wildman–Crippen LogP) is 4.12. The van der Waals surface area contributed by atoms with Crippen LogP contribution in [0.3, 0.4) is 0 Å². The molecule has 2 aromatic carbocycles. The number of hydrogen-bond acceptors (Lipinski definition) is 4. The second-order valence-corrected chi connectivity index (χ2v) is 9.53. The minimum atomic E-state index is -0.981. The lowest BCUT2D eigenvalue weighted by atomic mass is 9.64. The lowest BCUT2D eigenvalue weighted by Crippen LogP contribution is -2.45. The Hall–Kier alpha value is -2.24. The van der Waals surface area contributed by atoms with E-state index < -0.39 is 5.60 Å². The molecule has 2 fully saturated rings. The molecule has 1 aliphatic heterocycles. The summed E-state index contributed by atoms with van der Waals surface area (Å²) in [6.45, 7) is 3.51. The van der Waals surface area contributed by atoms with Crippen molar-refractivity contribution < 1.29 is 14.6 Å². The largest absolute Gasteiger partial charge is 0.496 e. The van der Waals surface area contributed by atoms with Gasteiger partial charge in [-0.25, -0.2) is 0 Å². The zero-order valence-corrected chi connectivity index (χ0v) is 20.3. The summed E-state index contributed by atoms with van der Waals surface area (Å²) in [7, 11) is 5.66. The van der Waals surface area contributed by atoms with Crippen LogP contribution in [-0.2, 0) is 16.8 Å². The number of benzene rings is 2. The fraction of sp³-hybridized carbons (Fsp3) is 0.500. The number of amides is 1. The highest BCUT2D eigenvalue weighted by atomic mass is 35.5. The van der Waals surface area contributed by atoms with Gasteiger partial charge in [0.15, 0.2) is 0 Å². The zero-order valence-electron chi connectivity index (χ0n) is 19.5. The van der Waals surface area contributed by atoms with E-state index in [0.29, 0.717) is 31.2 Å². The molecule has 4 atom stereocenters. The number of halogens is 1. The van der Waals surface area contributed by atoms with E-state index in [-0.39, 0.29) is 24.2 Å². The molecule has 0 spiro atoms. The zero-order chi connectivity index (χ0) is 22.2. The molecule has 2 aliphatic rings. The van der Waals surface area contributed by atoms with Gasteiger partial charge < -0.3 is 19.6 Å². The van der Waals surface area contributed by atoms with Gasteiger partial charge in [0.1, 0.15) is 5.75 Å². The molecule has 0 unspecified atom stereocenters. The Morgan fingerprint density at radius 3 is 2.56 bits per heavy atom. The molecule has 0 bridgehead atoms. The summed E-state index contributed by atoms with van der Waals surface area (Å²) in [5.41, 5.74) is 1.99. The Morgan fingerprint density at radius 1 is 1.16 bits per heavy atom. The van der Waals surface area contributed by atoms with Crippen molar-refractivity contribution in [3.05, 3.63) is 59.7 Å². The number of ether oxygens (including phenoxy) is 1. The molecule has 1 heterocycles. The Bertz CT molecular complexity index is 950. The van der Waals surface area contributed by atoms with Gasteiger partial charge in [-0.15, -0.1) is 12.4 Å². The van der Waals surface area contributed by atoms with Crippen LogP contribution in [0.5, 0.6) is 5.75 Å². The first-order valence-corrected chi connectivity index (χ1v) is 11.2. The number of anilines is 1. The maximum atomic E-state index is 13.3. The van der Waals surface area contributed by atoms with Crippen LogP contribution in [0.25, 0.3) is 0 Å². The summed E-state index contributed by atoms with van der Waals surface area (Å²) >= 11 is 0. The predicted molar refractivity (Wildman–Crippen MR) is 131 cm³/mol. The van der Waals surface area contributed by atoms with E-state index in [1.165, 1.54) is 0 Å². The number of likely N-dealkylation sites (tertiary alicyclic amines) is 1. The van der Waals surface area contributed by atoms with Crippen LogP contribution in [0.4, 0.5) is 5.69 Å². The van der Waals surface area contributed by atoms with E-state index in [4.69, 9.17) is 4.74 Å². The number of fused-ring (bicyclic) bond motifs is 1.